The maximum Gasteiger partial charge on any atom is 0.265 e. The molecular weight excluding hydrogens is 568 g/mol. The first-order valence-electron chi connectivity index (χ1n) is 15.3. The molecule has 2 aliphatic rings. The van der Waals surface area contributed by atoms with Crippen LogP contribution in [0.25, 0.3) is 11.1 Å². The molecule has 2 aromatic heterocycles. The van der Waals surface area contributed by atoms with Crippen molar-refractivity contribution in [2.75, 3.05) is 28.6 Å². The van der Waals surface area contributed by atoms with Gasteiger partial charge in [0.25, 0.3) is 11.5 Å². The van der Waals surface area contributed by atoms with Crippen molar-refractivity contribution >= 4 is 40.2 Å². The van der Waals surface area contributed by atoms with Gasteiger partial charge in [-0.2, -0.15) is 0 Å². The van der Waals surface area contributed by atoms with Crippen LogP contribution in [0.2, 0.25) is 0 Å². The number of anilines is 3. The first kappa shape index (κ1) is 29.6. The molecule has 1 aliphatic carbocycles. The molecule has 44 heavy (non-hydrogen) atoms. The quantitative estimate of drug-likeness (QED) is 0.215. The number of fused-ring (bicyclic) bond motifs is 1. The zero-order valence-electron chi connectivity index (χ0n) is 25.4. The number of nitrogens with one attached hydrogen (secondary N) is 2. The van der Waals surface area contributed by atoms with Gasteiger partial charge in [0.2, 0.25) is 5.91 Å². The maximum absolute atomic E-state index is 13.3. The highest BCUT2D eigenvalue weighted by Crippen LogP contribution is 2.34. The van der Waals surface area contributed by atoms with Crippen molar-refractivity contribution in [3.63, 3.8) is 0 Å². The third-order valence-corrected chi connectivity index (χ3v) is 9.95. The Hall–Kier alpha value is -4.43. The number of hydrogen-bond donors (Lipinski definition) is 2. The number of hydrogen-bond acceptors (Lipinski definition) is 5. The van der Waals surface area contributed by atoms with Gasteiger partial charge >= 0.3 is 0 Å². The minimum atomic E-state index is -0.262. The molecule has 6 rings (SSSR count). The molecule has 4 aromatic rings. The molecule has 7 nitrogen and oxygen atoms in total. The number of pyridine rings is 1. The Bertz CT molecular complexity index is 1790. The second kappa shape index (κ2) is 12.7. The third-order valence-electron chi connectivity index (χ3n) is 8.72. The van der Waals surface area contributed by atoms with Crippen LogP contribution in [0.3, 0.4) is 0 Å². The number of carbonyl (C=O) groups excluding carboxylic acids is 2. The predicted molar refractivity (Wildman–Crippen MR) is 180 cm³/mol. The van der Waals surface area contributed by atoms with Crippen LogP contribution >= 0.6 is 11.3 Å². The number of carbonyl (C=O) groups is 2. The Morgan fingerprint density at radius 3 is 2.55 bits per heavy atom. The van der Waals surface area contributed by atoms with Crippen molar-refractivity contribution in [1.82, 2.24) is 4.57 Å². The number of amides is 2. The lowest BCUT2D eigenvalue weighted by atomic mass is 9.97. The fourth-order valence-electron chi connectivity index (χ4n) is 6.36. The molecular formula is C36H38N4O3S. The van der Waals surface area contributed by atoms with E-state index in [1.165, 1.54) is 29.4 Å². The molecule has 0 unspecified atom stereocenters. The lowest BCUT2D eigenvalue weighted by Gasteiger charge is -2.22. The van der Waals surface area contributed by atoms with E-state index in [0.717, 1.165) is 83.0 Å². The molecule has 226 valence electrons. The normalized spacial score (nSPS) is 14.3. The number of aromatic nitrogens is 1. The number of benzene rings is 2. The molecule has 1 fully saturated rings. The molecule has 8 heteroatoms. The minimum absolute atomic E-state index is 0.0715. The van der Waals surface area contributed by atoms with Crippen molar-refractivity contribution in [3.8, 4) is 11.1 Å². The summed E-state index contributed by atoms with van der Waals surface area (Å²) in [5.41, 5.74) is 8.09. The van der Waals surface area contributed by atoms with Crippen molar-refractivity contribution in [2.24, 2.45) is 7.05 Å². The second-order valence-electron chi connectivity index (χ2n) is 11.8. The minimum Gasteiger partial charge on any atom is -0.370 e. The summed E-state index contributed by atoms with van der Waals surface area (Å²) in [7, 11) is 1.76. The predicted octanol–water partition coefficient (Wildman–Crippen LogP) is 6.87. The van der Waals surface area contributed by atoms with E-state index in [2.05, 4.69) is 28.2 Å². The highest BCUT2D eigenvalue weighted by Gasteiger charge is 2.20. The van der Waals surface area contributed by atoms with E-state index in [9.17, 15) is 14.4 Å². The van der Waals surface area contributed by atoms with E-state index in [-0.39, 0.29) is 17.4 Å². The zero-order chi connectivity index (χ0) is 30.8. The van der Waals surface area contributed by atoms with Gasteiger partial charge in [0.1, 0.15) is 0 Å². The van der Waals surface area contributed by atoms with Crippen LogP contribution in [0.1, 0.15) is 62.5 Å². The maximum atomic E-state index is 13.3. The summed E-state index contributed by atoms with van der Waals surface area (Å²) in [6, 6.07) is 15.9. The largest absolute Gasteiger partial charge is 0.370 e. The van der Waals surface area contributed by atoms with E-state index in [4.69, 9.17) is 0 Å². The Morgan fingerprint density at radius 2 is 1.77 bits per heavy atom. The molecule has 0 bridgehead atoms. The average Bonchev–Trinajstić information content (AvgIpc) is 3.71. The Kier molecular flexibility index (Phi) is 8.53. The van der Waals surface area contributed by atoms with Crippen LogP contribution < -0.4 is 21.1 Å². The Labute approximate surface area is 262 Å². The van der Waals surface area contributed by atoms with E-state index in [1.807, 2.05) is 55.6 Å². The van der Waals surface area contributed by atoms with Gasteiger partial charge in [0.05, 0.1) is 16.3 Å². The summed E-state index contributed by atoms with van der Waals surface area (Å²) in [5.74, 6) is -0.343. The Balaban J connectivity index is 1.28. The average molecular weight is 607 g/mol. The highest BCUT2D eigenvalue weighted by atomic mass is 32.1. The van der Waals surface area contributed by atoms with Crippen LogP contribution in [0, 0.1) is 6.92 Å². The third kappa shape index (κ3) is 6.13. The summed E-state index contributed by atoms with van der Waals surface area (Å²) < 4.78 is 1.62. The van der Waals surface area contributed by atoms with Crippen molar-refractivity contribution < 1.29 is 9.59 Å². The molecule has 2 aromatic carbocycles. The van der Waals surface area contributed by atoms with Crippen LogP contribution in [-0.4, -0.2) is 29.5 Å². The van der Waals surface area contributed by atoms with E-state index in [0.29, 0.717) is 12.0 Å². The highest BCUT2D eigenvalue weighted by molar-refractivity contribution is 7.14. The van der Waals surface area contributed by atoms with Crippen LogP contribution in [0.5, 0.6) is 0 Å². The number of rotatable bonds is 8. The van der Waals surface area contributed by atoms with Crippen LogP contribution in [0.4, 0.5) is 17.1 Å². The van der Waals surface area contributed by atoms with Crippen molar-refractivity contribution in [1.29, 1.82) is 0 Å². The van der Waals surface area contributed by atoms with Gasteiger partial charge in [-0.3, -0.25) is 14.4 Å². The van der Waals surface area contributed by atoms with Gasteiger partial charge in [0, 0.05) is 48.9 Å². The molecule has 0 spiro atoms. The standard InChI is InChI=1S/C36H38N4O3S/c1-4-34(41)37-30-19-24(14-15-31(30)40-16-7-8-17-40)18-26-20-27(22-39(3)36(26)43)28-11-9-12-29(23(28)2)38-35(42)33-21-25-10-5-6-13-32(25)44-33/h4,9,11-12,14-15,19-22H,1,5-8,10,13,16-18H2,2-3H3,(H,37,41)(H,38,42). The topological polar surface area (TPSA) is 83.4 Å². The van der Waals surface area contributed by atoms with Gasteiger partial charge in [-0.05, 0) is 110 Å². The molecule has 0 atom stereocenters. The van der Waals surface area contributed by atoms with Crippen LogP contribution in [-0.2, 0) is 31.1 Å². The van der Waals surface area contributed by atoms with Gasteiger partial charge < -0.3 is 20.1 Å². The zero-order valence-corrected chi connectivity index (χ0v) is 26.2. The number of nitrogens with zero attached hydrogens (tertiary/aromatic N) is 2. The SMILES string of the molecule is C=CC(=O)Nc1cc(Cc2cc(-c3cccc(NC(=O)c4cc5c(s4)CCCC5)c3C)cn(C)c2=O)ccc1N1CCCC1. The van der Waals surface area contributed by atoms with E-state index >= 15 is 0 Å². The Morgan fingerprint density at radius 1 is 0.977 bits per heavy atom. The fraction of sp³-hybridized carbons (Fsp3) is 0.306. The van der Waals surface area contributed by atoms with E-state index in [1.54, 1.807) is 23.0 Å². The summed E-state index contributed by atoms with van der Waals surface area (Å²) in [6.45, 7) is 7.50. The smallest absolute Gasteiger partial charge is 0.265 e. The van der Waals surface area contributed by atoms with Crippen molar-refractivity contribution in [3.05, 3.63) is 110 Å². The molecule has 1 saturated heterocycles. The van der Waals surface area contributed by atoms with Crippen molar-refractivity contribution in [2.45, 2.75) is 51.9 Å². The van der Waals surface area contributed by atoms with Gasteiger partial charge in [-0.25, -0.2) is 0 Å². The molecule has 3 heterocycles. The lowest BCUT2D eigenvalue weighted by molar-refractivity contribution is -0.111. The summed E-state index contributed by atoms with van der Waals surface area (Å²) in [5, 5.41) is 6.10. The summed E-state index contributed by atoms with van der Waals surface area (Å²) >= 11 is 1.61. The first-order chi connectivity index (χ1) is 21.3. The van der Waals surface area contributed by atoms with Gasteiger partial charge in [0.15, 0.2) is 0 Å². The van der Waals surface area contributed by atoms with E-state index < -0.39 is 0 Å². The van der Waals surface area contributed by atoms with Crippen LogP contribution in [0.15, 0.2) is 72.2 Å². The monoisotopic (exact) mass is 606 g/mol. The summed E-state index contributed by atoms with van der Waals surface area (Å²) in [6.07, 6.45) is 10.3. The molecule has 2 amide bonds. The number of aryl methyl sites for hydroxylation is 3. The second-order valence-corrected chi connectivity index (χ2v) is 12.9. The van der Waals surface area contributed by atoms with Gasteiger partial charge in [-0.15, -0.1) is 11.3 Å². The molecule has 0 saturated carbocycles. The number of thiophene rings is 1. The van der Waals surface area contributed by atoms with Gasteiger partial charge in [-0.1, -0.05) is 24.8 Å². The fourth-order valence-corrected chi connectivity index (χ4v) is 7.50. The molecule has 0 radical (unpaired) electrons. The summed E-state index contributed by atoms with van der Waals surface area (Å²) in [4.78, 5) is 43.1. The first-order valence-corrected chi connectivity index (χ1v) is 16.2. The molecule has 2 N–H and O–H groups in total. The lowest BCUT2D eigenvalue weighted by Crippen LogP contribution is -2.22. The molecule has 1 aliphatic heterocycles.